The first-order valence-electron chi connectivity index (χ1n) is 11.8. The zero-order chi connectivity index (χ0) is 25.6. The molecule has 0 aromatic heterocycles. The van der Waals surface area contributed by atoms with Crippen LogP contribution in [0.1, 0.15) is 66.0 Å². The van der Waals surface area contributed by atoms with Crippen LogP contribution in [0.3, 0.4) is 0 Å². The van der Waals surface area contributed by atoms with Crippen molar-refractivity contribution in [2.75, 3.05) is 48.4 Å². The Morgan fingerprint density at radius 3 is 1.91 bits per heavy atom. The predicted octanol–water partition coefficient (Wildman–Crippen LogP) is 6.61. The number of rotatable bonds is 14. The molecule has 0 spiro atoms. The summed E-state index contributed by atoms with van der Waals surface area (Å²) >= 11 is 0. The molecule has 33 heavy (non-hydrogen) atoms. The van der Waals surface area contributed by atoms with Crippen LogP contribution in [-0.4, -0.2) is 48.4 Å². The van der Waals surface area contributed by atoms with E-state index in [9.17, 15) is 0 Å². The van der Waals surface area contributed by atoms with Crippen molar-refractivity contribution in [2.24, 2.45) is 11.3 Å². The third-order valence-electron chi connectivity index (χ3n) is 5.02. The van der Waals surface area contributed by atoms with Gasteiger partial charge in [0.2, 0.25) is 11.5 Å². The molecule has 6 heteroatoms. The Kier molecular flexibility index (Phi) is 14.9. The van der Waals surface area contributed by atoms with Crippen LogP contribution in [0, 0.1) is 18.3 Å². The Morgan fingerprint density at radius 2 is 1.42 bits per heavy atom. The Balaban J connectivity index is 0.00000497. The number of benzene rings is 1. The SMILES string of the molecule is CC.COCCOCOc1c(C)c(CC(C)(C)/C=C(\C)CC(C)C)c(OC)c(OC)c1OC. The smallest absolute Gasteiger partial charge is 0.207 e. The average molecular weight is 469 g/mol. The van der Waals surface area contributed by atoms with Crippen LogP contribution >= 0.6 is 0 Å². The van der Waals surface area contributed by atoms with Gasteiger partial charge in [0.25, 0.3) is 0 Å². The Bertz CT molecular complexity index is 722. The van der Waals surface area contributed by atoms with E-state index < -0.39 is 0 Å². The summed E-state index contributed by atoms with van der Waals surface area (Å²) in [5, 5.41) is 0. The molecular formula is C27H48O6. The third kappa shape index (κ3) is 9.85. The van der Waals surface area contributed by atoms with E-state index in [-0.39, 0.29) is 12.2 Å². The van der Waals surface area contributed by atoms with E-state index in [2.05, 4.69) is 40.7 Å². The second kappa shape index (κ2) is 15.8. The number of hydrogen-bond acceptors (Lipinski definition) is 6. The van der Waals surface area contributed by atoms with Crippen molar-refractivity contribution < 1.29 is 28.4 Å². The molecule has 0 radical (unpaired) electrons. The van der Waals surface area contributed by atoms with E-state index in [4.69, 9.17) is 28.4 Å². The molecule has 0 bridgehead atoms. The lowest BCUT2D eigenvalue weighted by Crippen LogP contribution is -2.16. The van der Waals surface area contributed by atoms with Crippen LogP contribution in [0.25, 0.3) is 0 Å². The van der Waals surface area contributed by atoms with E-state index in [1.54, 1.807) is 28.4 Å². The summed E-state index contributed by atoms with van der Waals surface area (Å²) in [5.74, 6) is 2.93. The molecule has 0 aliphatic carbocycles. The number of ether oxygens (including phenoxy) is 6. The van der Waals surface area contributed by atoms with Crippen LogP contribution in [0.2, 0.25) is 0 Å². The quantitative estimate of drug-likeness (QED) is 0.174. The summed E-state index contributed by atoms with van der Waals surface area (Å²) in [7, 11) is 6.49. The molecule has 0 saturated heterocycles. The molecule has 0 atom stereocenters. The molecule has 0 N–H and O–H groups in total. The van der Waals surface area contributed by atoms with Crippen molar-refractivity contribution >= 4 is 0 Å². The second-order valence-electron chi connectivity index (χ2n) is 8.95. The van der Waals surface area contributed by atoms with Crippen LogP contribution in [0.4, 0.5) is 0 Å². The maximum Gasteiger partial charge on any atom is 0.207 e. The highest BCUT2D eigenvalue weighted by molar-refractivity contribution is 5.67. The van der Waals surface area contributed by atoms with E-state index in [1.165, 1.54) is 5.57 Å². The zero-order valence-corrected chi connectivity index (χ0v) is 23.1. The van der Waals surface area contributed by atoms with Gasteiger partial charge in [-0.05, 0) is 38.0 Å². The Labute approximate surface area is 202 Å². The maximum absolute atomic E-state index is 5.98. The Morgan fingerprint density at radius 1 is 0.879 bits per heavy atom. The number of hydrogen-bond donors (Lipinski definition) is 0. The highest BCUT2D eigenvalue weighted by atomic mass is 16.7. The van der Waals surface area contributed by atoms with Gasteiger partial charge < -0.3 is 28.4 Å². The fourth-order valence-corrected chi connectivity index (χ4v) is 3.97. The molecule has 0 amide bonds. The third-order valence-corrected chi connectivity index (χ3v) is 5.02. The molecule has 0 aliphatic heterocycles. The van der Waals surface area contributed by atoms with Gasteiger partial charge in [-0.3, -0.25) is 0 Å². The van der Waals surface area contributed by atoms with Gasteiger partial charge in [-0.25, -0.2) is 0 Å². The highest BCUT2D eigenvalue weighted by Gasteiger charge is 2.29. The van der Waals surface area contributed by atoms with Gasteiger partial charge in [0.15, 0.2) is 18.3 Å². The van der Waals surface area contributed by atoms with Gasteiger partial charge >= 0.3 is 0 Å². The molecule has 0 unspecified atom stereocenters. The lowest BCUT2D eigenvalue weighted by Gasteiger charge is -2.27. The van der Waals surface area contributed by atoms with E-state index >= 15 is 0 Å². The summed E-state index contributed by atoms with van der Waals surface area (Å²) in [6.07, 6.45) is 4.20. The minimum Gasteiger partial charge on any atom is -0.492 e. The van der Waals surface area contributed by atoms with Gasteiger partial charge in [0, 0.05) is 18.2 Å². The highest BCUT2D eigenvalue weighted by Crippen LogP contribution is 2.51. The van der Waals surface area contributed by atoms with Crippen molar-refractivity contribution in [2.45, 2.75) is 68.2 Å². The van der Waals surface area contributed by atoms with E-state index in [0.717, 1.165) is 24.0 Å². The average Bonchev–Trinajstić information content (AvgIpc) is 2.75. The van der Waals surface area contributed by atoms with E-state index in [1.807, 2.05) is 20.8 Å². The van der Waals surface area contributed by atoms with Crippen LogP contribution in [0.5, 0.6) is 23.0 Å². The normalized spacial score (nSPS) is 11.7. The topological polar surface area (TPSA) is 55.4 Å². The largest absolute Gasteiger partial charge is 0.492 e. The molecule has 1 aromatic carbocycles. The van der Waals surface area contributed by atoms with Gasteiger partial charge in [-0.15, -0.1) is 0 Å². The molecule has 0 heterocycles. The fraction of sp³-hybridized carbons (Fsp3) is 0.704. The number of methoxy groups -OCH3 is 4. The van der Waals surface area contributed by atoms with Gasteiger partial charge in [-0.1, -0.05) is 53.2 Å². The van der Waals surface area contributed by atoms with Crippen LogP contribution in [-0.2, 0) is 15.9 Å². The van der Waals surface area contributed by atoms with Crippen molar-refractivity contribution in [3.05, 3.63) is 22.8 Å². The van der Waals surface area contributed by atoms with Gasteiger partial charge in [0.1, 0.15) is 0 Å². The van der Waals surface area contributed by atoms with Crippen molar-refractivity contribution in [3.63, 3.8) is 0 Å². The lowest BCUT2D eigenvalue weighted by molar-refractivity contribution is -0.00995. The maximum atomic E-state index is 5.98. The monoisotopic (exact) mass is 468 g/mol. The van der Waals surface area contributed by atoms with Gasteiger partial charge in [0.05, 0.1) is 34.5 Å². The zero-order valence-electron chi connectivity index (χ0n) is 23.1. The van der Waals surface area contributed by atoms with E-state index in [0.29, 0.717) is 42.1 Å². The lowest BCUT2D eigenvalue weighted by atomic mass is 9.81. The first-order chi connectivity index (χ1) is 15.6. The predicted molar refractivity (Wildman–Crippen MR) is 136 cm³/mol. The van der Waals surface area contributed by atoms with Crippen molar-refractivity contribution in [3.8, 4) is 23.0 Å². The molecule has 6 nitrogen and oxygen atoms in total. The van der Waals surface area contributed by atoms with Crippen molar-refractivity contribution in [1.29, 1.82) is 0 Å². The fourth-order valence-electron chi connectivity index (χ4n) is 3.97. The summed E-state index contributed by atoms with van der Waals surface area (Å²) in [4.78, 5) is 0. The summed E-state index contributed by atoms with van der Waals surface area (Å²) < 4.78 is 33.6. The molecule has 0 fully saturated rings. The molecule has 1 aromatic rings. The van der Waals surface area contributed by atoms with Crippen LogP contribution < -0.4 is 18.9 Å². The number of allylic oxidation sites excluding steroid dienone is 2. The minimum absolute atomic E-state index is 0.0805. The molecule has 192 valence electrons. The first kappa shape index (κ1) is 31.1. The molecular weight excluding hydrogens is 420 g/mol. The van der Waals surface area contributed by atoms with Crippen LogP contribution in [0.15, 0.2) is 11.6 Å². The Hall–Kier alpha value is -1.92. The van der Waals surface area contributed by atoms with Crippen molar-refractivity contribution in [1.82, 2.24) is 0 Å². The summed E-state index contributed by atoms with van der Waals surface area (Å²) in [6, 6.07) is 0. The summed E-state index contributed by atoms with van der Waals surface area (Å²) in [6.45, 7) is 18.2. The standard InChI is InChI=1S/C25H42O6.C2H6/c1-17(2)13-18(3)14-25(5,6)15-20-19(4)21(31-16-30-12-11-26-7)23(28-9)24(29-10)22(20)27-8;1-2/h14,17H,11-13,15-16H2,1-10H3;1-2H3/b18-14+;. The van der Waals surface area contributed by atoms with Gasteiger partial charge in [-0.2, -0.15) is 0 Å². The molecule has 0 saturated carbocycles. The minimum atomic E-state index is -0.0805. The first-order valence-corrected chi connectivity index (χ1v) is 11.8. The summed E-state index contributed by atoms with van der Waals surface area (Å²) in [5.41, 5.74) is 3.29. The molecule has 0 aliphatic rings. The second-order valence-corrected chi connectivity index (χ2v) is 8.95. The molecule has 1 rings (SSSR count).